The van der Waals surface area contributed by atoms with Gasteiger partial charge in [0.15, 0.2) is 17.8 Å². The van der Waals surface area contributed by atoms with Crippen molar-refractivity contribution in [3.63, 3.8) is 0 Å². The summed E-state index contributed by atoms with van der Waals surface area (Å²) < 4.78 is 24.7. The second-order valence-electron chi connectivity index (χ2n) is 15.3. The minimum Gasteiger partial charge on any atom is -0.493 e. The van der Waals surface area contributed by atoms with E-state index in [2.05, 4.69) is 51.9 Å². The van der Waals surface area contributed by atoms with Gasteiger partial charge in [0.25, 0.3) is 0 Å². The molecule has 2 heterocycles. The van der Waals surface area contributed by atoms with Gasteiger partial charge in [0.1, 0.15) is 0 Å². The van der Waals surface area contributed by atoms with Crippen molar-refractivity contribution in [3.05, 3.63) is 143 Å². The zero-order chi connectivity index (χ0) is 41.1. The third kappa shape index (κ3) is 10.9. The summed E-state index contributed by atoms with van der Waals surface area (Å²) in [5, 5.41) is 15.5. The van der Waals surface area contributed by atoms with Crippen molar-refractivity contribution in [2.75, 3.05) is 38.4 Å². The molecule has 5 aromatic rings. The van der Waals surface area contributed by atoms with Gasteiger partial charge in [0.05, 0.1) is 44.4 Å². The number of rotatable bonds is 16. The second kappa shape index (κ2) is 19.8. The average Bonchev–Trinajstić information content (AvgIpc) is 3.27. The number of nitrogen functional groups attached to an aromatic ring is 1. The van der Waals surface area contributed by atoms with E-state index in [1.807, 2.05) is 60.7 Å². The van der Waals surface area contributed by atoms with E-state index in [4.69, 9.17) is 24.7 Å². The lowest BCUT2D eigenvalue weighted by Crippen LogP contribution is -2.41. The number of carbonyl (C=O) groups excluding carboxylic acids is 2. The number of nitrogens with one attached hydrogen (secondary N) is 2. The average molecular weight is 799 g/mol. The SMILES string of the molecule is COc1cc2c(cc1OC)CN(C[C@H]1C[C@@H](c3ccc(CO)cc3)O[C@@H](c3cccc(-c4cccc(CNC(=O)CCCCC(=O)Nc5ccccc5N)c4)c3)O1)CC2. The van der Waals surface area contributed by atoms with E-state index in [-0.39, 0.29) is 30.6 Å². The molecule has 5 aromatic carbocycles. The van der Waals surface area contributed by atoms with Crippen molar-refractivity contribution in [2.24, 2.45) is 0 Å². The summed E-state index contributed by atoms with van der Waals surface area (Å²) in [4.78, 5) is 27.5. The minimum atomic E-state index is -0.595. The van der Waals surface area contributed by atoms with Crippen LogP contribution in [0, 0.1) is 0 Å². The zero-order valence-corrected chi connectivity index (χ0v) is 33.8. The Hall–Kier alpha value is -5.72. The molecule has 2 amide bonds. The van der Waals surface area contributed by atoms with Crippen LogP contribution in [0.25, 0.3) is 11.1 Å². The first-order valence-corrected chi connectivity index (χ1v) is 20.4. The van der Waals surface area contributed by atoms with Crippen LogP contribution in [-0.4, -0.2) is 55.2 Å². The molecular formula is C48H54N4O7. The largest absolute Gasteiger partial charge is 0.493 e. The smallest absolute Gasteiger partial charge is 0.224 e. The zero-order valence-electron chi connectivity index (χ0n) is 33.8. The molecule has 308 valence electrons. The number of unbranched alkanes of at least 4 members (excludes halogenated alkanes) is 1. The Kier molecular flexibility index (Phi) is 13.9. The Morgan fingerprint density at radius 2 is 1.49 bits per heavy atom. The molecule has 59 heavy (non-hydrogen) atoms. The minimum absolute atomic E-state index is 0.0123. The van der Waals surface area contributed by atoms with Gasteiger partial charge in [-0.25, -0.2) is 0 Å². The first-order chi connectivity index (χ1) is 28.8. The number of amides is 2. The molecule has 0 bridgehead atoms. The number of aliphatic hydroxyl groups excluding tert-OH is 1. The number of carbonyl (C=O) groups is 2. The van der Waals surface area contributed by atoms with Crippen molar-refractivity contribution >= 4 is 23.2 Å². The van der Waals surface area contributed by atoms with Gasteiger partial charge in [-0.1, -0.05) is 72.8 Å². The Bertz CT molecular complexity index is 2210. The first kappa shape index (κ1) is 41.4. The molecular weight excluding hydrogens is 745 g/mol. The number of para-hydroxylation sites is 2. The van der Waals surface area contributed by atoms with Gasteiger partial charge >= 0.3 is 0 Å². The van der Waals surface area contributed by atoms with Gasteiger partial charge in [-0.15, -0.1) is 0 Å². The van der Waals surface area contributed by atoms with Gasteiger partial charge < -0.3 is 40.4 Å². The summed E-state index contributed by atoms with van der Waals surface area (Å²) in [5.41, 5.74) is 15.4. The summed E-state index contributed by atoms with van der Waals surface area (Å²) in [6, 6.07) is 35.7. The number of anilines is 2. The predicted octanol–water partition coefficient (Wildman–Crippen LogP) is 7.86. The van der Waals surface area contributed by atoms with E-state index in [1.165, 1.54) is 11.1 Å². The van der Waals surface area contributed by atoms with Crippen LogP contribution in [0.1, 0.15) is 77.9 Å². The fourth-order valence-corrected chi connectivity index (χ4v) is 7.83. The maximum Gasteiger partial charge on any atom is 0.224 e. The van der Waals surface area contributed by atoms with Crippen LogP contribution in [0.5, 0.6) is 11.5 Å². The fraction of sp³-hybridized carbons (Fsp3) is 0.333. The molecule has 11 heteroatoms. The number of nitrogens with two attached hydrogens (primary N) is 1. The van der Waals surface area contributed by atoms with Crippen LogP contribution >= 0.6 is 0 Å². The number of fused-ring (bicyclic) bond motifs is 1. The van der Waals surface area contributed by atoms with Crippen LogP contribution in [0.2, 0.25) is 0 Å². The summed E-state index contributed by atoms with van der Waals surface area (Å²) in [6.45, 7) is 2.81. The highest BCUT2D eigenvalue weighted by atomic mass is 16.7. The van der Waals surface area contributed by atoms with Crippen molar-refractivity contribution in [2.45, 2.75) is 76.7 Å². The quantitative estimate of drug-likeness (QED) is 0.0579. The van der Waals surface area contributed by atoms with Gasteiger partial charge in [-0.3, -0.25) is 14.5 Å². The standard InChI is InChI=1S/C48H54N4O7/c1-56-44-25-37-21-22-52(29-39(37)26-45(44)57-2)30-40-27-43(34-19-17-32(31-53)18-20-34)59-48(58-40)38-12-8-11-36(24-38)35-10-7-9-33(23-35)28-50-46(54)15-5-6-16-47(55)51-42-14-4-3-13-41(42)49/h3-4,7-14,17-20,23-26,40,43,48,53H,5-6,15-16,21-22,27-31,49H2,1-2H3,(H,50,54)(H,51,55)/t40-,43+,48+/m1/s1. The summed E-state index contributed by atoms with van der Waals surface area (Å²) in [5.74, 6) is 1.31. The number of benzene rings is 5. The van der Waals surface area contributed by atoms with E-state index >= 15 is 0 Å². The Morgan fingerprint density at radius 1 is 0.780 bits per heavy atom. The Morgan fingerprint density at radius 3 is 2.24 bits per heavy atom. The molecule has 2 aliphatic rings. The Labute approximate surface area is 346 Å². The summed E-state index contributed by atoms with van der Waals surface area (Å²) in [7, 11) is 3.34. The highest BCUT2D eigenvalue weighted by Gasteiger charge is 2.34. The van der Waals surface area contributed by atoms with Crippen molar-refractivity contribution in [1.29, 1.82) is 0 Å². The number of ether oxygens (including phenoxy) is 4. The maximum absolute atomic E-state index is 12.7. The molecule has 2 aliphatic heterocycles. The molecule has 0 unspecified atom stereocenters. The number of hydrogen-bond acceptors (Lipinski definition) is 9. The summed E-state index contributed by atoms with van der Waals surface area (Å²) in [6.07, 6.45) is 2.57. The number of nitrogens with zero attached hydrogens (tertiary/aromatic N) is 1. The molecule has 0 radical (unpaired) electrons. The lowest BCUT2D eigenvalue weighted by molar-refractivity contribution is -0.253. The van der Waals surface area contributed by atoms with Crippen LogP contribution in [0.4, 0.5) is 11.4 Å². The first-order valence-electron chi connectivity index (χ1n) is 20.4. The molecule has 5 N–H and O–H groups in total. The lowest BCUT2D eigenvalue weighted by atomic mass is 9.96. The van der Waals surface area contributed by atoms with Gasteiger partial charge in [-0.05, 0) is 94.6 Å². The Balaban J connectivity index is 0.980. The van der Waals surface area contributed by atoms with E-state index in [1.54, 1.807) is 26.4 Å². The molecule has 0 saturated carbocycles. The van der Waals surface area contributed by atoms with Crippen LogP contribution in [0.15, 0.2) is 109 Å². The van der Waals surface area contributed by atoms with Crippen molar-refractivity contribution in [1.82, 2.24) is 10.2 Å². The summed E-state index contributed by atoms with van der Waals surface area (Å²) >= 11 is 0. The number of aliphatic hydroxyl groups is 1. The molecule has 0 aromatic heterocycles. The van der Waals surface area contributed by atoms with Crippen molar-refractivity contribution in [3.8, 4) is 22.6 Å². The molecule has 1 saturated heterocycles. The predicted molar refractivity (Wildman–Crippen MR) is 229 cm³/mol. The monoisotopic (exact) mass is 798 g/mol. The molecule has 11 nitrogen and oxygen atoms in total. The second-order valence-corrected chi connectivity index (χ2v) is 15.3. The van der Waals surface area contributed by atoms with Gasteiger partial charge in [0.2, 0.25) is 11.8 Å². The maximum atomic E-state index is 12.7. The van der Waals surface area contributed by atoms with Gasteiger partial charge in [-0.2, -0.15) is 0 Å². The third-order valence-electron chi connectivity index (χ3n) is 11.1. The normalized spacial score (nSPS) is 17.8. The lowest BCUT2D eigenvalue weighted by Gasteiger charge is -2.39. The molecule has 0 spiro atoms. The number of hydrogen-bond donors (Lipinski definition) is 4. The molecule has 0 aliphatic carbocycles. The fourth-order valence-electron chi connectivity index (χ4n) is 7.83. The van der Waals surface area contributed by atoms with E-state index < -0.39 is 6.29 Å². The topological polar surface area (TPSA) is 145 Å². The van der Waals surface area contributed by atoms with E-state index in [0.717, 1.165) is 70.9 Å². The van der Waals surface area contributed by atoms with Crippen LogP contribution in [-0.2, 0) is 45.2 Å². The van der Waals surface area contributed by atoms with Crippen LogP contribution in [0.3, 0.4) is 0 Å². The van der Waals surface area contributed by atoms with Crippen molar-refractivity contribution < 1.29 is 33.6 Å². The highest BCUT2D eigenvalue weighted by molar-refractivity contribution is 5.93. The van der Waals surface area contributed by atoms with Gasteiger partial charge in [0, 0.05) is 51.0 Å². The molecule has 1 fully saturated rings. The highest BCUT2D eigenvalue weighted by Crippen LogP contribution is 2.40. The van der Waals surface area contributed by atoms with Crippen LogP contribution < -0.4 is 25.8 Å². The molecule has 3 atom stereocenters. The van der Waals surface area contributed by atoms with E-state index in [0.29, 0.717) is 50.0 Å². The molecule has 7 rings (SSSR count). The third-order valence-corrected chi connectivity index (χ3v) is 11.1. The number of methoxy groups -OCH3 is 2. The van der Waals surface area contributed by atoms with E-state index in [9.17, 15) is 14.7 Å².